The molecule has 0 aliphatic heterocycles. The zero-order valence-corrected chi connectivity index (χ0v) is 13.9. The Bertz CT molecular complexity index is 695. The zero-order chi connectivity index (χ0) is 17.4. The van der Waals surface area contributed by atoms with Crippen molar-refractivity contribution < 1.29 is 18.7 Å². The Morgan fingerprint density at radius 2 is 1.83 bits per heavy atom. The van der Waals surface area contributed by atoms with E-state index >= 15 is 0 Å². The summed E-state index contributed by atoms with van der Waals surface area (Å²) in [6.07, 6.45) is 5.85. The van der Waals surface area contributed by atoms with Gasteiger partial charge in [0.05, 0.1) is 6.26 Å². The summed E-state index contributed by atoms with van der Waals surface area (Å²) in [5.74, 6) is -0.410. The number of carbonyl (C=O) groups is 2. The van der Waals surface area contributed by atoms with Crippen LogP contribution in [0.2, 0.25) is 0 Å². The Hall–Kier alpha value is -2.82. The third-order valence-corrected chi connectivity index (χ3v) is 3.54. The number of rotatable bonds is 7. The van der Waals surface area contributed by atoms with Gasteiger partial charge in [-0.3, -0.25) is 4.79 Å². The van der Waals surface area contributed by atoms with E-state index in [2.05, 4.69) is 5.32 Å². The predicted molar refractivity (Wildman–Crippen MR) is 92.5 cm³/mol. The van der Waals surface area contributed by atoms with E-state index < -0.39 is 5.97 Å². The maximum atomic E-state index is 12.1. The lowest BCUT2D eigenvalue weighted by Crippen LogP contribution is -2.21. The minimum absolute atomic E-state index is 0.331. The van der Waals surface area contributed by atoms with Gasteiger partial charge in [0.1, 0.15) is 5.76 Å². The maximum Gasteiger partial charge on any atom is 0.331 e. The number of para-hydroxylation sites is 1. The van der Waals surface area contributed by atoms with Crippen LogP contribution in [0, 0.1) is 0 Å². The molecule has 0 atom stereocenters. The average molecular weight is 327 g/mol. The van der Waals surface area contributed by atoms with Gasteiger partial charge in [-0.25, -0.2) is 4.79 Å². The number of amides is 1. The molecule has 0 saturated carbocycles. The number of hydrogen-bond donors (Lipinski definition) is 1. The van der Waals surface area contributed by atoms with Gasteiger partial charge in [-0.05, 0) is 42.2 Å². The largest absolute Gasteiger partial charge is 0.465 e. The third-order valence-electron chi connectivity index (χ3n) is 3.54. The molecule has 0 saturated heterocycles. The number of furan rings is 1. The molecule has 0 bridgehead atoms. The Morgan fingerprint density at radius 1 is 1.12 bits per heavy atom. The number of aryl methyl sites for hydroxylation is 2. The second kappa shape index (κ2) is 8.72. The van der Waals surface area contributed by atoms with Gasteiger partial charge in [0, 0.05) is 11.8 Å². The van der Waals surface area contributed by atoms with Crippen LogP contribution in [-0.4, -0.2) is 18.5 Å². The van der Waals surface area contributed by atoms with E-state index in [-0.39, 0.29) is 12.5 Å². The highest BCUT2D eigenvalue weighted by molar-refractivity contribution is 5.95. The van der Waals surface area contributed by atoms with Crippen LogP contribution in [0.25, 0.3) is 6.08 Å². The van der Waals surface area contributed by atoms with Crippen molar-refractivity contribution in [2.45, 2.75) is 26.7 Å². The van der Waals surface area contributed by atoms with Crippen LogP contribution in [0.3, 0.4) is 0 Å². The van der Waals surface area contributed by atoms with Crippen LogP contribution in [0.15, 0.2) is 47.1 Å². The predicted octanol–water partition coefficient (Wildman–Crippen LogP) is 3.60. The first-order chi connectivity index (χ1) is 11.6. The molecule has 2 aromatic rings. The van der Waals surface area contributed by atoms with E-state index in [1.165, 1.54) is 18.4 Å². The second-order valence-electron chi connectivity index (χ2n) is 5.16. The lowest BCUT2D eigenvalue weighted by atomic mass is 10.0. The fourth-order valence-corrected chi connectivity index (χ4v) is 2.30. The maximum absolute atomic E-state index is 12.1. The number of anilines is 1. The Balaban J connectivity index is 1.91. The molecule has 1 heterocycles. The van der Waals surface area contributed by atoms with Gasteiger partial charge in [-0.2, -0.15) is 0 Å². The normalized spacial score (nSPS) is 10.8. The van der Waals surface area contributed by atoms with Crippen molar-refractivity contribution in [2.75, 3.05) is 11.9 Å². The van der Waals surface area contributed by atoms with E-state index in [1.54, 1.807) is 12.1 Å². The Morgan fingerprint density at radius 3 is 2.42 bits per heavy atom. The first-order valence-electron chi connectivity index (χ1n) is 7.93. The van der Waals surface area contributed by atoms with E-state index in [0.29, 0.717) is 5.76 Å². The molecule has 1 aromatic heterocycles. The lowest BCUT2D eigenvalue weighted by Gasteiger charge is -2.14. The van der Waals surface area contributed by atoms with Gasteiger partial charge in [0.2, 0.25) is 0 Å². The fourth-order valence-electron chi connectivity index (χ4n) is 2.30. The van der Waals surface area contributed by atoms with Gasteiger partial charge in [-0.15, -0.1) is 0 Å². The molecule has 0 unspecified atom stereocenters. The number of hydrogen-bond acceptors (Lipinski definition) is 4. The van der Waals surface area contributed by atoms with Gasteiger partial charge < -0.3 is 14.5 Å². The van der Waals surface area contributed by atoms with Crippen molar-refractivity contribution in [1.82, 2.24) is 0 Å². The topological polar surface area (TPSA) is 68.5 Å². The number of carbonyl (C=O) groups excluding carboxylic acids is 2. The van der Waals surface area contributed by atoms with E-state index in [4.69, 9.17) is 9.15 Å². The third kappa shape index (κ3) is 4.84. The Kier molecular flexibility index (Phi) is 6.37. The highest BCUT2D eigenvalue weighted by Crippen LogP contribution is 2.22. The minimum Gasteiger partial charge on any atom is -0.465 e. The highest BCUT2D eigenvalue weighted by atomic mass is 16.5. The molecule has 0 radical (unpaired) electrons. The van der Waals surface area contributed by atoms with Gasteiger partial charge in [0.25, 0.3) is 5.91 Å². The van der Waals surface area contributed by atoms with Crippen molar-refractivity contribution in [1.29, 1.82) is 0 Å². The quantitative estimate of drug-likeness (QED) is 0.623. The molecule has 0 aliphatic rings. The fraction of sp³-hybridized carbons (Fsp3) is 0.263. The van der Waals surface area contributed by atoms with Crippen LogP contribution >= 0.6 is 0 Å². The Labute approximate surface area is 141 Å². The lowest BCUT2D eigenvalue weighted by molar-refractivity contribution is -0.142. The first kappa shape index (κ1) is 17.5. The summed E-state index contributed by atoms with van der Waals surface area (Å²) < 4.78 is 10.0. The van der Waals surface area contributed by atoms with E-state index in [9.17, 15) is 9.59 Å². The number of nitrogens with one attached hydrogen (secondary N) is 1. The van der Waals surface area contributed by atoms with Crippen LogP contribution in [-0.2, 0) is 27.2 Å². The molecule has 126 valence electrons. The minimum atomic E-state index is -0.596. The number of ether oxygens (including phenoxy) is 1. The van der Waals surface area contributed by atoms with Crippen LogP contribution < -0.4 is 5.32 Å². The van der Waals surface area contributed by atoms with E-state index in [0.717, 1.165) is 29.7 Å². The highest BCUT2D eigenvalue weighted by Gasteiger charge is 2.11. The SMILES string of the molecule is CCc1cccc(CC)c1NC(=O)COC(=O)/C=C/c1ccco1. The summed E-state index contributed by atoms with van der Waals surface area (Å²) in [6, 6.07) is 9.37. The van der Waals surface area contributed by atoms with Gasteiger partial charge in [0.15, 0.2) is 6.61 Å². The molecule has 0 fully saturated rings. The van der Waals surface area contributed by atoms with Crippen molar-refractivity contribution in [3.8, 4) is 0 Å². The monoisotopic (exact) mass is 327 g/mol. The first-order valence-corrected chi connectivity index (χ1v) is 7.93. The van der Waals surface area contributed by atoms with Crippen LogP contribution in [0.1, 0.15) is 30.7 Å². The molecular formula is C19H21NO4. The van der Waals surface area contributed by atoms with Crippen LogP contribution in [0.4, 0.5) is 5.69 Å². The summed E-state index contributed by atoms with van der Waals surface area (Å²) in [4.78, 5) is 23.7. The molecule has 0 aliphatic carbocycles. The number of benzene rings is 1. The molecule has 1 N–H and O–H groups in total. The molecule has 0 spiro atoms. The van der Waals surface area contributed by atoms with Gasteiger partial charge >= 0.3 is 5.97 Å². The van der Waals surface area contributed by atoms with Crippen molar-refractivity contribution in [3.63, 3.8) is 0 Å². The molecular weight excluding hydrogens is 306 g/mol. The van der Waals surface area contributed by atoms with Crippen LogP contribution in [0.5, 0.6) is 0 Å². The molecule has 2 rings (SSSR count). The van der Waals surface area contributed by atoms with Crippen molar-refractivity contribution in [3.05, 3.63) is 59.6 Å². The summed E-state index contributed by atoms with van der Waals surface area (Å²) in [6.45, 7) is 3.73. The number of esters is 1. The standard InChI is InChI=1S/C19H21NO4/c1-3-14-7-5-8-15(4-2)19(14)20-17(21)13-24-18(22)11-10-16-9-6-12-23-16/h5-12H,3-4,13H2,1-2H3,(H,20,21)/b11-10+. The molecule has 5 heteroatoms. The molecule has 24 heavy (non-hydrogen) atoms. The molecule has 1 amide bonds. The van der Waals surface area contributed by atoms with Gasteiger partial charge in [-0.1, -0.05) is 32.0 Å². The summed E-state index contributed by atoms with van der Waals surface area (Å²) in [5, 5.41) is 2.85. The summed E-state index contributed by atoms with van der Waals surface area (Å²) in [5.41, 5.74) is 2.94. The zero-order valence-electron chi connectivity index (χ0n) is 13.9. The summed E-state index contributed by atoms with van der Waals surface area (Å²) >= 11 is 0. The average Bonchev–Trinajstić information content (AvgIpc) is 3.11. The van der Waals surface area contributed by atoms with E-state index in [1.807, 2.05) is 32.0 Å². The smallest absolute Gasteiger partial charge is 0.331 e. The molecule has 1 aromatic carbocycles. The van der Waals surface area contributed by atoms with Crippen molar-refractivity contribution in [2.24, 2.45) is 0 Å². The summed E-state index contributed by atoms with van der Waals surface area (Å²) in [7, 11) is 0. The second-order valence-corrected chi connectivity index (χ2v) is 5.16. The molecule has 5 nitrogen and oxygen atoms in total. The van der Waals surface area contributed by atoms with Crippen molar-refractivity contribution >= 4 is 23.6 Å².